The van der Waals surface area contributed by atoms with E-state index in [1.165, 1.54) is 19.3 Å². The van der Waals surface area contributed by atoms with E-state index >= 15 is 0 Å². The largest absolute Gasteiger partial charge is 0.339 e. The minimum absolute atomic E-state index is 0.0895. The molecule has 1 saturated heterocycles. The molecule has 0 spiro atoms. The summed E-state index contributed by atoms with van der Waals surface area (Å²) in [6.07, 6.45) is 5.91. The average Bonchev–Trinajstić information content (AvgIpc) is 2.36. The number of hydrogen-bond acceptors (Lipinski definition) is 2. The van der Waals surface area contributed by atoms with Crippen molar-refractivity contribution in [1.29, 1.82) is 0 Å². The molecule has 1 aliphatic heterocycles. The van der Waals surface area contributed by atoms with Gasteiger partial charge in [0, 0.05) is 29.8 Å². The lowest BCUT2D eigenvalue weighted by molar-refractivity contribution is 0.0742. The van der Waals surface area contributed by atoms with Gasteiger partial charge in [0.25, 0.3) is 5.91 Å². The van der Waals surface area contributed by atoms with E-state index in [1.807, 2.05) is 11.0 Å². The van der Waals surface area contributed by atoms with Crippen LogP contribution < -0.4 is 0 Å². The number of nitrogens with zero attached hydrogens (tertiary/aromatic N) is 2. The van der Waals surface area contributed by atoms with Crippen LogP contribution in [0.5, 0.6) is 0 Å². The normalized spacial score (nSPS) is 17.2. The number of carbonyl (C=O) groups is 1. The summed E-state index contributed by atoms with van der Waals surface area (Å²) >= 11 is 6.12. The summed E-state index contributed by atoms with van der Waals surface area (Å²) in [6, 6.07) is 3.59. The minimum atomic E-state index is -0.115. The number of carbonyl (C=O) groups excluding carboxylic acids is 1. The van der Waals surface area contributed by atoms with Gasteiger partial charge < -0.3 is 4.90 Å². The van der Waals surface area contributed by atoms with Crippen molar-refractivity contribution in [3.05, 3.63) is 28.5 Å². The van der Waals surface area contributed by atoms with Crippen molar-refractivity contribution in [2.75, 3.05) is 13.1 Å². The SMILES string of the molecule is CC(C)(C)c1cc(C(=O)N2CCCCCCC2)cc(Cl)n1. The molecule has 1 aromatic rings. The van der Waals surface area contributed by atoms with Gasteiger partial charge in [-0.1, -0.05) is 51.6 Å². The molecule has 0 bridgehead atoms. The van der Waals surface area contributed by atoms with Crippen LogP contribution >= 0.6 is 11.6 Å². The number of hydrogen-bond donors (Lipinski definition) is 0. The van der Waals surface area contributed by atoms with Gasteiger partial charge in [-0.3, -0.25) is 4.79 Å². The fraction of sp³-hybridized carbons (Fsp3) is 0.647. The first kappa shape index (κ1) is 16.3. The molecule has 0 aliphatic carbocycles. The maximum atomic E-state index is 12.7. The number of halogens is 1. The number of rotatable bonds is 1. The molecule has 1 aliphatic rings. The molecule has 0 unspecified atom stereocenters. The summed E-state index contributed by atoms with van der Waals surface area (Å²) in [6.45, 7) is 7.94. The van der Waals surface area contributed by atoms with Crippen molar-refractivity contribution >= 4 is 17.5 Å². The van der Waals surface area contributed by atoms with E-state index in [2.05, 4.69) is 25.8 Å². The number of likely N-dealkylation sites (tertiary alicyclic amines) is 1. The molecule has 4 heteroatoms. The molecule has 0 radical (unpaired) electrons. The predicted molar refractivity (Wildman–Crippen MR) is 86.9 cm³/mol. The van der Waals surface area contributed by atoms with Gasteiger partial charge >= 0.3 is 0 Å². The van der Waals surface area contributed by atoms with Crippen molar-refractivity contribution in [1.82, 2.24) is 9.88 Å². The van der Waals surface area contributed by atoms with Crippen LogP contribution in [0.15, 0.2) is 12.1 Å². The van der Waals surface area contributed by atoms with Crippen molar-refractivity contribution in [2.24, 2.45) is 0 Å². The van der Waals surface area contributed by atoms with E-state index in [-0.39, 0.29) is 11.3 Å². The van der Waals surface area contributed by atoms with E-state index in [4.69, 9.17) is 11.6 Å². The highest BCUT2D eigenvalue weighted by Crippen LogP contribution is 2.24. The lowest BCUT2D eigenvalue weighted by Gasteiger charge is -2.26. The molecule has 116 valence electrons. The Kier molecular flexibility index (Phi) is 5.26. The highest BCUT2D eigenvalue weighted by Gasteiger charge is 2.22. The topological polar surface area (TPSA) is 33.2 Å². The van der Waals surface area contributed by atoms with Crippen molar-refractivity contribution in [2.45, 2.75) is 58.3 Å². The Morgan fingerprint density at radius 3 is 2.24 bits per heavy atom. The third-order valence-electron chi connectivity index (χ3n) is 3.95. The van der Waals surface area contributed by atoms with E-state index < -0.39 is 0 Å². The molecular weight excluding hydrogens is 284 g/mol. The third-order valence-corrected chi connectivity index (χ3v) is 4.15. The fourth-order valence-electron chi connectivity index (χ4n) is 2.64. The first-order valence-corrected chi connectivity index (χ1v) is 8.23. The van der Waals surface area contributed by atoms with Gasteiger partial charge in [0.2, 0.25) is 0 Å². The minimum Gasteiger partial charge on any atom is -0.339 e. The monoisotopic (exact) mass is 308 g/mol. The quantitative estimate of drug-likeness (QED) is 0.719. The Bertz CT molecular complexity index is 500. The Morgan fingerprint density at radius 1 is 1.10 bits per heavy atom. The van der Waals surface area contributed by atoms with Crippen LogP contribution in [0.25, 0.3) is 0 Å². The molecule has 0 atom stereocenters. The molecule has 1 fully saturated rings. The van der Waals surface area contributed by atoms with Gasteiger partial charge in [-0.05, 0) is 25.0 Å². The van der Waals surface area contributed by atoms with Gasteiger partial charge in [-0.2, -0.15) is 0 Å². The first-order chi connectivity index (χ1) is 9.88. The summed E-state index contributed by atoms with van der Waals surface area (Å²) in [5, 5.41) is 0.401. The van der Waals surface area contributed by atoms with Crippen LogP contribution in [-0.2, 0) is 5.41 Å². The molecule has 1 amide bonds. The fourth-order valence-corrected chi connectivity index (χ4v) is 2.85. The van der Waals surface area contributed by atoms with E-state index in [0.29, 0.717) is 10.7 Å². The smallest absolute Gasteiger partial charge is 0.254 e. The zero-order chi connectivity index (χ0) is 15.5. The summed E-state index contributed by atoms with van der Waals surface area (Å²) in [5.41, 5.74) is 1.42. The van der Waals surface area contributed by atoms with Gasteiger partial charge in [0.05, 0.1) is 0 Å². The number of aromatic nitrogens is 1. The summed E-state index contributed by atoms with van der Waals surface area (Å²) in [4.78, 5) is 19.1. The standard InChI is InChI=1S/C17H25ClN2O/c1-17(2,3)14-11-13(12-15(18)19-14)16(21)20-9-7-5-4-6-8-10-20/h11-12H,4-10H2,1-3H3. The predicted octanol–water partition coefficient (Wildman–Crippen LogP) is 4.44. The van der Waals surface area contributed by atoms with Crippen LogP contribution in [0.4, 0.5) is 0 Å². The number of pyridine rings is 1. The zero-order valence-electron chi connectivity index (χ0n) is 13.3. The van der Waals surface area contributed by atoms with E-state index in [9.17, 15) is 4.79 Å². The van der Waals surface area contributed by atoms with E-state index in [1.54, 1.807) is 6.07 Å². The lowest BCUT2D eigenvalue weighted by Crippen LogP contribution is -2.34. The van der Waals surface area contributed by atoms with Crippen LogP contribution in [0.2, 0.25) is 5.15 Å². The summed E-state index contributed by atoms with van der Waals surface area (Å²) < 4.78 is 0. The maximum Gasteiger partial charge on any atom is 0.254 e. The summed E-state index contributed by atoms with van der Waals surface area (Å²) in [5.74, 6) is 0.0895. The third kappa shape index (κ3) is 4.44. The molecule has 2 rings (SSSR count). The van der Waals surface area contributed by atoms with Crippen molar-refractivity contribution in [3.8, 4) is 0 Å². The zero-order valence-corrected chi connectivity index (χ0v) is 14.0. The van der Waals surface area contributed by atoms with Crippen LogP contribution in [0, 0.1) is 0 Å². The molecule has 1 aromatic heterocycles. The van der Waals surface area contributed by atoms with E-state index in [0.717, 1.165) is 31.6 Å². The second kappa shape index (κ2) is 6.78. The highest BCUT2D eigenvalue weighted by atomic mass is 35.5. The van der Waals surface area contributed by atoms with Gasteiger partial charge in [0.1, 0.15) is 5.15 Å². The molecular formula is C17H25ClN2O. The molecule has 3 nitrogen and oxygen atoms in total. The Balaban J connectivity index is 2.23. The van der Waals surface area contributed by atoms with Gasteiger partial charge in [-0.15, -0.1) is 0 Å². The maximum absolute atomic E-state index is 12.7. The Hall–Kier alpha value is -1.09. The second-order valence-electron chi connectivity index (χ2n) is 6.87. The van der Waals surface area contributed by atoms with Gasteiger partial charge in [0.15, 0.2) is 0 Å². The molecule has 0 saturated carbocycles. The van der Waals surface area contributed by atoms with Crippen LogP contribution in [0.3, 0.4) is 0 Å². The van der Waals surface area contributed by atoms with Crippen LogP contribution in [-0.4, -0.2) is 28.9 Å². The molecule has 0 aromatic carbocycles. The molecule has 0 N–H and O–H groups in total. The van der Waals surface area contributed by atoms with Crippen molar-refractivity contribution in [3.63, 3.8) is 0 Å². The average molecular weight is 309 g/mol. The first-order valence-electron chi connectivity index (χ1n) is 7.85. The summed E-state index contributed by atoms with van der Waals surface area (Å²) in [7, 11) is 0. The van der Waals surface area contributed by atoms with Gasteiger partial charge in [-0.25, -0.2) is 4.98 Å². The Labute approximate surface area is 132 Å². The van der Waals surface area contributed by atoms with Crippen molar-refractivity contribution < 1.29 is 4.79 Å². The van der Waals surface area contributed by atoms with Crippen LogP contribution in [0.1, 0.15) is 68.9 Å². The lowest BCUT2D eigenvalue weighted by atomic mass is 9.90. The highest BCUT2D eigenvalue weighted by molar-refractivity contribution is 6.29. The molecule has 21 heavy (non-hydrogen) atoms. The Morgan fingerprint density at radius 2 is 1.67 bits per heavy atom. The molecule has 2 heterocycles. The number of amides is 1. The second-order valence-corrected chi connectivity index (χ2v) is 7.26.